The van der Waals surface area contributed by atoms with Crippen molar-refractivity contribution in [2.45, 2.75) is 26.1 Å². The van der Waals surface area contributed by atoms with Crippen molar-refractivity contribution in [1.29, 1.82) is 0 Å². The maximum atomic E-state index is 13.4. The van der Waals surface area contributed by atoms with Crippen LogP contribution in [0.25, 0.3) is 11.0 Å². The van der Waals surface area contributed by atoms with E-state index >= 15 is 0 Å². The number of hydrogen-bond acceptors (Lipinski definition) is 4. The summed E-state index contributed by atoms with van der Waals surface area (Å²) in [7, 11) is 0. The lowest BCUT2D eigenvalue weighted by molar-refractivity contribution is -0.140. The van der Waals surface area contributed by atoms with Crippen molar-refractivity contribution in [2.75, 3.05) is 24.5 Å². The Morgan fingerprint density at radius 3 is 2.43 bits per heavy atom. The first-order chi connectivity index (χ1) is 10.9. The number of nitrogens with zero attached hydrogens (tertiary/aromatic N) is 3. The molecule has 1 aliphatic rings. The van der Waals surface area contributed by atoms with Gasteiger partial charge in [0, 0.05) is 25.7 Å². The second kappa shape index (κ2) is 5.96. The van der Waals surface area contributed by atoms with Gasteiger partial charge in [-0.05, 0) is 18.1 Å². The van der Waals surface area contributed by atoms with Gasteiger partial charge in [0.1, 0.15) is 0 Å². The van der Waals surface area contributed by atoms with Gasteiger partial charge in [0.05, 0.1) is 11.0 Å². The van der Waals surface area contributed by atoms with Gasteiger partial charge in [0.15, 0.2) is 11.5 Å². The number of aromatic nitrogens is 2. The fourth-order valence-electron chi connectivity index (χ4n) is 2.82. The Bertz CT molecular complexity index is 699. The number of nitrogens with one attached hydrogen (secondary N) is 1. The van der Waals surface area contributed by atoms with Crippen LogP contribution in [0.4, 0.5) is 19.0 Å². The number of rotatable bonds is 2. The molecule has 124 valence electrons. The van der Waals surface area contributed by atoms with Crippen molar-refractivity contribution < 1.29 is 13.2 Å². The molecule has 1 aromatic carbocycles. The highest BCUT2D eigenvalue weighted by atomic mass is 19.4. The lowest BCUT2D eigenvalue weighted by Gasteiger charge is -2.37. The van der Waals surface area contributed by atoms with Crippen molar-refractivity contribution >= 4 is 16.9 Å². The minimum absolute atomic E-state index is 0.0663. The van der Waals surface area contributed by atoms with E-state index in [0.29, 0.717) is 31.1 Å². The Morgan fingerprint density at radius 2 is 1.83 bits per heavy atom. The molecule has 7 heteroatoms. The van der Waals surface area contributed by atoms with Crippen LogP contribution in [-0.4, -0.2) is 35.6 Å². The highest BCUT2D eigenvalue weighted by Gasteiger charge is 2.39. The molecule has 2 heterocycles. The summed E-state index contributed by atoms with van der Waals surface area (Å²) < 4.78 is 40.3. The first kappa shape index (κ1) is 16.0. The SMILES string of the molecule is CC(C)[C@H]1CN(c2nc3ccccc3nc2C(F)(F)F)CCN1. The number of para-hydroxylation sites is 2. The Kier molecular flexibility index (Phi) is 4.14. The molecular formula is C16H19F3N4. The van der Waals surface area contributed by atoms with E-state index in [1.807, 2.05) is 0 Å². The largest absolute Gasteiger partial charge is 0.437 e. The standard InChI is InChI=1S/C16H19F3N4/c1-10(2)13-9-23(8-7-20-13)15-14(16(17,18)19)21-11-5-3-4-6-12(11)22-15/h3-6,10,13,20H,7-9H2,1-2H3/t13-/m1/s1. The molecule has 0 unspecified atom stereocenters. The summed E-state index contributed by atoms with van der Waals surface area (Å²) in [5.74, 6) is 0.268. The van der Waals surface area contributed by atoms with Gasteiger partial charge < -0.3 is 10.2 Å². The van der Waals surface area contributed by atoms with E-state index in [1.54, 1.807) is 29.2 Å². The van der Waals surface area contributed by atoms with Gasteiger partial charge in [0.2, 0.25) is 0 Å². The van der Waals surface area contributed by atoms with Gasteiger partial charge in [-0.15, -0.1) is 0 Å². The van der Waals surface area contributed by atoms with E-state index in [2.05, 4.69) is 29.1 Å². The number of hydrogen-bond donors (Lipinski definition) is 1. The normalized spacial score (nSPS) is 19.6. The Balaban J connectivity index is 2.07. The molecule has 1 saturated heterocycles. The Labute approximate surface area is 132 Å². The molecule has 0 bridgehead atoms. The second-order valence-corrected chi connectivity index (χ2v) is 6.13. The average Bonchev–Trinajstić information content (AvgIpc) is 2.53. The van der Waals surface area contributed by atoms with Crippen LogP contribution in [0.3, 0.4) is 0 Å². The minimum Gasteiger partial charge on any atom is -0.352 e. The predicted molar refractivity (Wildman–Crippen MR) is 83.4 cm³/mol. The van der Waals surface area contributed by atoms with Gasteiger partial charge in [0.25, 0.3) is 0 Å². The number of fused-ring (bicyclic) bond motifs is 1. The first-order valence-electron chi connectivity index (χ1n) is 7.68. The summed E-state index contributed by atoms with van der Waals surface area (Å²) >= 11 is 0. The zero-order valence-electron chi connectivity index (χ0n) is 13.1. The molecule has 2 aromatic rings. The fraction of sp³-hybridized carbons (Fsp3) is 0.500. The average molecular weight is 324 g/mol. The van der Waals surface area contributed by atoms with Crippen LogP contribution in [0.2, 0.25) is 0 Å². The maximum Gasteiger partial charge on any atom is 0.437 e. The summed E-state index contributed by atoms with van der Waals surface area (Å²) in [6.07, 6.45) is -4.52. The van der Waals surface area contributed by atoms with E-state index in [0.717, 1.165) is 0 Å². The molecule has 0 amide bonds. The van der Waals surface area contributed by atoms with Gasteiger partial charge in [-0.1, -0.05) is 26.0 Å². The molecule has 4 nitrogen and oxygen atoms in total. The lowest BCUT2D eigenvalue weighted by atomic mass is 10.0. The van der Waals surface area contributed by atoms with Crippen LogP contribution in [0.1, 0.15) is 19.5 Å². The van der Waals surface area contributed by atoms with Crippen LogP contribution >= 0.6 is 0 Å². The molecule has 0 aliphatic carbocycles. The number of anilines is 1. The zero-order chi connectivity index (χ0) is 16.6. The summed E-state index contributed by atoms with van der Waals surface area (Å²) in [5.41, 5.74) is -0.158. The van der Waals surface area contributed by atoms with Crippen molar-refractivity contribution in [1.82, 2.24) is 15.3 Å². The fourth-order valence-corrected chi connectivity index (χ4v) is 2.82. The van der Waals surface area contributed by atoms with Crippen molar-refractivity contribution in [3.63, 3.8) is 0 Å². The zero-order valence-corrected chi connectivity index (χ0v) is 13.1. The minimum atomic E-state index is -4.52. The third-order valence-corrected chi connectivity index (χ3v) is 4.13. The van der Waals surface area contributed by atoms with E-state index in [1.165, 1.54) is 0 Å². The predicted octanol–water partition coefficient (Wildman–Crippen LogP) is 3.08. The summed E-state index contributed by atoms with van der Waals surface area (Å²) in [5, 5.41) is 3.34. The Hall–Kier alpha value is -1.89. The number of alkyl halides is 3. The lowest BCUT2D eigenvalue weighted by Crippen LogP contribution is -2.53. The van der Waals surface area contributed by atoms with Gasteiger partial charge >= 0.3 is 6.18 Å². The summed E-state index contributed by atoms with van der Waals surface area (Å²) in [6.45, 7) is 5.72. The highest BCUT2D eigenvalue weighted by Crippen LogP contribution is 2.35. The van der Waals surface area contributed by atoms with Gasteiger partial charge in [-0.25, -0.2) is 9.97 Å². The first-order valence-corrected chi connectivity index (χ1v) is 7.68. The van der Waals surface area contributed by atoms with Crippen molar-refractivity contribution in [3.8, 4) is 0 Å². The number of benzene rings is 1. The quantitative estimate of drug-likeness (QED) is 0.922. The molecule has 0 radical (unpaired) electrons. The van der Waals surface area contributed by atoms with E-state index in [-0.39, 0.29) is 17.4 Å². The molecule has 3 rings (SSSR count). The van der Waals surface area contributed by atoms with Gasteiger partial charge in [-0.3, -0.25) is 0 Å². The topological polar surface area (TPSA) is 41.1 Å². The number of halogens is 3. The van der Waals surface area contributed by atoms with E-state index in [4.69, 9.17) is 0 Å². The van der Waals surface area contributed by atoms with Crippen molar-refractivity contribution in [3.05, 3.63) is 30.0 Å². The van der Waals surface area contributed by atoms with E-state index < -0.39 is 11.9 Å². The molecular weight excluding hydrogens is 305 g/mol. The smallest absolute Gasteiger partial charge is 0.352 e. The van der Waals surface area contributed by atoms with Crippen molar-refractivity contribution in [2.24, 2.45) is 5.92 Å². The van der Waals surface area contributed by atoms with Crippen LogP contribution in [-0.2, 0) is 6.18 Å². The molecule has 1 aromatic heterocycles. The van der Waals surface area contributed by atoms with Crippen LogP contribution < -0.4 is 10.2 Å². The molecule has 1 aliphatic heterocycles. The molecule has 0 spiro atoms. The monoisotopic (exact) mass is 324 g/mol. The molecule has 23 heavy (non-hydrogen) atoms. The van der Waals surface area contributed by atoms with Gasteiger partial charge in [-0.2, -0.15) is 13.2 Å². The summed E-state index contributed by atoms with van der Waals surface area (Å²) in [4.78, 5) is 9.81. The van der Waals surface area contributed by atoms with Crippen LogP contribution in [0.5, 0.6) is 0 Å². The third-order valence-electron chi connectivity index (χ3n) is 4.13. The van der Waals surface area contributed by atoms with Crippen LogP contribution in [0, 0.1) is 5.92 Å². The molecule has 1 N–H and O–H groups in total. The molecule has 1 atom stereocenters. The number of piperazine rings is 1. The summed E-state index contributed by atoms with van der Waals surface area (Å²) in [6, 6.07) is 6.79. The van der Waals surface area contributed by atoms with E-state index in [9.17, 15) is 13.2 Å². The molecule has 1 fully saturated rings. The second-order valence-electron chi connectivity index (χ2n) is 6.13. The Morgan fingerprint density at radius 1 is 1.17 bits per heavy atom. The molecule has 0 saturated carbocycles. The maximum absolute atomic E-state index is 13.4. The third kappa shape index (κ3) is 3.24. The highest BCUT2D eigenvalue weighted by molar-refractivity contribution is 5.76. The van der Waals surface area contributed by atoms with Crippen LogP contribution in [0.15, 0.2) is 24.3 Å².